The van der Waals surface area contributed by atoms with Gasteiger partial charge in [-0.05, 0) is 20.8 Å². The van der Waals surface area contributed by atoms with Gasteiger partial charge in [0, 0.05) is 18.1 Å². The molecule has 6 nitrogen and oxygen atoms in total. The largest absolute Gasteiger partial charge is 0.480 e. The Kier molecular flexibility index (Phi) is 4.66. The van der Waals surface area contributed by atoms with Crippen molar-refractivity contribution in [2.45, 2.75) is 32.9 Å². The summed E-state index contributed by atoms with van der Waals surface area (Å²) in [5.41, 5.74) is -1.23. The molecule has 2 N–H and O–H groups in total. The second kappa shape index (κ2) is 5.81. The lowest BCUT2D eigenvalue weighted by Gasteiger charge is -2.34. The summed E-state index contributed by atoms with van der Waals surface area (Å²) < 4.78 is 0. The number of urea groups is 1. The lowest BCUT2D eigenvalue weighted by atomic mass is 10.0. The van der Waals surface area contributed by atoms with Crippen molar-refractivity contribution < 1.29 is 14.7 Å². The lowest BCUT2D eigenvalue weighted by Crippen LogP contribution is -2.55. The van der Waals surface area contributed by atoms with Crippen LogP contribution in [-0.4, -0.2) is 39.1 Å². The highest BCUT2D eigenvalue weighted by atomic mass is 32.1. The maximum Gasteiger partial charge on any atom is 0.329 e. The van der Waals surface area contributed by atoms with Crippen LogP contribution < -0.4 is 5.32 Å². The third-order valence-corrected chi connectivity index (χ3v) is 3.41. The molecule has 18 heavy (non-hydrogen) atoms. The van der Waals surface area contributed by atoms with Gasteiger partial charge >= 0.3 is 12.0 Å². The SMILES string of the molecule is CCN(C(=O)NCc1nccs1)C(C)(C)C(=O)O. The summed E-state index contributed by atoms with van der Waals surface area (Å²) in [6.45, 7) is 5.38. The number of nitrogens with zero attached hydrogens (tertiary/aromatic N) is 2. The van der Waals surface area contributed by atoms with Crippen molar-refractivity contribution in [3.05, 3.63) is 16.6 Å². The first-order valence-corrected chi connectivity index (χ1v) is 6.44. The molecule has 0 aliphatic rings. The summed E-state index contributed by atoms with van der Waals surface area (Å²) in [6, 6.07) is -0.403. The van der Waals surface area contributed by atoms with Crippen LogP contribution in [0.1, 0.15) is 25.8 Å². The van der Waals surface area contributed by atoms with Crippen LogP contribution in [0, 0.1) is 0 Å². The van der Waals surface area contributed by atoms with Gasteiger partial charge in [0.25, 0.3) is 0 Å². The van der Waals surface area contributed by atoms with E-state index in [1.54, 1.807) is 13.1 Å². The van der Waals surface area contributed by atoms with Gasteiger partial charge in [0.1, 0.15) is 10.5 Å². The second-order valence-electron chi connectivity index (χ2n) is 4.19. The van der Waals surface area contributed by atoms with Gasteiger partial charge < -0.3 is 15.3 Å². The highest BCUT2D eigenvalue weighted by Gasteiger charge is 2.36. The highest BCUT2D eigenvalue weighted by Crippen LogP contribution is 2.15. The number of hydrogen-bond donors (Lipinski definition) is 2. The lowest BCUT2D eigenvalue weighted by molar-refractivity contribution is -0.147. The Labute approximate surface area is 110 Å². The summed E-state index contributed by atoms with van der Waals surface area (Å²) in [4.78, 5) is 28.4. The van der Waals surface area contributed by atoms with Crippen LogP contribution in [0.5, 0.6) is 0 Å². The number of likely N-dealkylation sites (N-methyl/N-ethyl adjacent to an activating group) is 1. The molecule has 0 saturated carbocycles. The Morgan fingerprint density at radius 1 is 1.56 bits per heavy atom. The van der Waals surface area contributed by atoms with E-state index in [9.17, 15) is 9.59 Å². The molecule has 0 saturated heterocycles. The first kappa shape index (κ1) is 14.4. The molecule has 0 radical (unpaired) electrons. The van der Waals surface area contributed by atoms with Gasteiger partial charge in [0.15, 0.2) is 0 Å². The number of aliphatic carboxylic acids is 1. The number of carboxylic acids is 1. The van der Waals surface area contributed by atoms with Gasteiger partial charge in [-0.2, -0.15) is 0 Å². The molecule has 1 aromatic rings. The summed E-state index contributed by atoms with van der Waals surface area (Å²) in [6.07, 6.45) is 1.66. The zero-order chi connectivity index (χ0) is 13.8. The van der Waals surface area contributed by atoms with Crippen LogP contribution in [0.2, 0.25) is 0 Å². The number of nitrogens with one attached hydrogen (secondary N) is 1. The molecule has 2 amide bonds. The van der Waals surface area contributed by atoms with Crippen molar-refractivity contribution in [1.29, 1.82) is 0 Å². The van der Waals surface area contributed by atoms with Crippen LogP contribution in [0.15, 0.2) is 11.6 Å². The number of amides is 2. The maximum atomic E-state index is 11.9. The average molecular weight is 271 g/mol. The molecule has 0 bridgehead atoms. The Morgan fingerprint density at radius 2 is 2.22 bits per heavy atom. The van der Waals surface area contributed by atoms with Crippen LogP contribution in [0.4, 0.5) is 4.79 Å². The zero-order valence-corrected chi connectivity index (χ0v) is 11.5. The van der Waals surface area contributed by atoms with Crippen LogP contribution in [0.25, 0.3) is 0 Å². The van der Waals surface area contributed by atoms with Gasteiger partial charge in [-0.15, -0.1) is 11.3 Å². The molecule has 0 aliphatic carbocycles. The van der Waals surface area contributed by atoms with Gasteiger partial charge in [-0.25, -0.2) is 14.6 Å². The fourth-order valence-electron chi connectivity index (χ4n) is 1.50. The van der Waals surface area contributed by atoms with Gasteiger partial charge in [-0.1, -0.05) is 0 Å². The number of carbonyl (C=O) groups is 2. The Morgan fingerprint density at radius 3 is 2.67 bits per heavy atom. The number of carboxylic acid groups (broad SMARTS) is 1. The van der Waals surface area contributed by atoms with E-state index in [0.29, 0.717) is 13.1 Å². The molecule has 0 aromatic carbocycles. The van der Waals surface area contributed by atoms with Crippen molar-refractivity contribution >= 4 is 23.3 Å². The van der Waals surface area contributed by atoms with E-state index in [0.717, 1.165) is 5.01 Å². The average Bonchev–Trinajstić information content (AvgIpc) is 2.79. The van der Waals surface area contributed by atoms with Crippen molar-refractivity contribution in [2.75, 3.05) is 6.54 Å². The molecule has 0 unspecified atom stereocenters. The Bertz CT molecular complexity index is 417. The van der Waals surface area contributed by atoms with E-state index in [2.05, 4.69) is 10.3 Å². The number of hydrogen-bond acceptors (Lipinski definition) is 4. The van der Waals surface area contributed by atoms with Gasteiger partial charge in [-0.3, -0.25) is 0 Å². The minimum absolute atomic E-state index is 0.308. The minimum Gasteiger partial charge on any atom is -0.480 e. The monoisotopic (exact) mass is 271 g/mol. The fraction of sp³-hybridized carbons (Fsp3) is 0.545. The third kappa shape index (κ3) is 3.19. The summed E-state index contributed by atoms with van der Waals surface area (Å²) in [5.74, 6) is -1.03. The Hall–Kier alpha value is -1.63. The van der Waals surface area contributed by atoms with E-state index in [4.69, 9.17) is 5.11 Å². The van der Waals surface area contributed by atoms with Crippen molar-refractivity contribution in [1.82, 2.24) is 15.2 Å². The number of thiazole rings is 1. The molecular weight excluding hydrogens is 254 g/mol. The molecule has 1 heterocycles. The van der Waals surface area contributed by atoms with E-state index in [1.807, 2.05) is 5.38 Å². The maximum absolute atomic E-state index is 11.9. The zero-order valence-electron chi connectivity index (χ0n) is 10.6. The Balaban J connectivity index is 2.65. The van der Waals surface area contributed by atoms with Crippen molar-refractivity contribution in [3.63, 3.8) is 0 Å². The quantitative estimate of drug-likeness (QED) is 0.851. The highest BCUT2D eigenvalue weighted by molar-refractivity contribution is 7.09. The summed E-state index contributed by atoms with van der Waals surface area (Å²) in [7, 11) is 0. The predicted octanol–water partition coefficient (Wildman–Crippen LogP) is 1.54. The van der Waals surface area contributed by atoms with E-state index >= 15 is 0 Å². The normalized spacial score (nSPS) is 11.1. The molecule has 7 heteroatoms. The van der Waals surface area contributed by atoms with Crippen molar-refractivity contribution in [2.24, 2.45) is 0 Å². The van der Waals surface area contributed by atoms with Crippen LogP contribution in [-0.2, 0) is 11.3 Å². The molecule has 0 fully saturated rings. The molecule has 0 aliphatic heterocycles. The fourth-order valence-corrected chi connectivity index (χ4v) is 2.05. The third-order valence-electron chi connectivity index (χ3n) is 2.63. The number of aromatic nitrogens is 1. The standard InChI is InChI=1S/C11H17N3O3S/c1-4-14(11(2,3)9(15)16)10(17)13-7-8-12-5-6-18-8/h5-6H,4,7H2,1-3H3,(H,13,17)(H,15,16). The van der Waals surface area contributed by atoms with E-state index < -0.39 is 17.5 Å². The van der Waals surface area contributed by atoms with Gasteiger partial charge in [0.2, 0.25) is 0 Å². The number of rotatable bonds is 5. The smallest absolute Gasteiger partial charge is 0.329 e. The molecule has 100 valence electrons. The van der Waals surface area contributed by atoms with Gasteiger partial charge in [0.05, 0.1) is 6.54 Å². The molecule has 1 aromatic heterocycles. The molecule has 0 spiro atoms. The van der Waals surface area contributed by atoms with Crippen LogP contribution in [0.3, 0.4) is 0 Å². The number of carbonyl (C=O) groups excluding carboxylic acids is 1. The topological polar surface area (TPSA) is 82.5 Å². The van der Waals surface area contributed by atoms with E-state index in [-0.39, 0.29) is 0 Å². The van der Waals surface area contributed by atoms with Crippen LogP contribution >= 0.6 is 11.3 Å². The minimum atomic E-state index is -1.23. The molecule has 1 rings (SSSR count). The van der Waals surface area contributed by atoms with E-state index in [1.165, 1.54) is 30.1 Å². The second-order valence-corrected chi connectivity index (χ2v) is 5.17. The first-order chi connectivity index (χ1) is 8.39. The summed E-state index contributed by atoms with van der Waals surface area (Å²) in [5, 5.41) is 14.4. The summed E-state index contributed by atoms with van der Waals surface area (Å²) >= 11 is 1.44. The van der Waals surface area contributed by atoms with Crippen molar-refractivity contribution in [3.8, 4) is 0 Å². The first-order valence-electron chi connectivity index (χ1n) is 5.56. The molecule has 0 atom stereocenters. The molecular formula is C11H17N3O3S. The predicted molar refractivity (Wildman–Crippen MR) is 68.4 cm³/mol.